The molecule has 3 rings (SSSR count). The van der Waals surface area contributed by atoms with Crippen molar-refractivity contribution in [2.24, 2.45) is 5.10 Å². The van der Waals surface area contributed by atoms with Crippen molar-refractivity contribution in [2.75, 3.05) is 5.01 Å². The monoisotopic (exact) mass is 364 g/mol. The minimum Gasteiger partial charge on any atom is -0.400 e. The highest BCUT2D eigenvalue weighted by Gasteiger charge is 2.16. The average Bonchev–Trinajstić information content (AvgIpc) is 3.13. The van der Waals surface area contributed by atoms with Crippen LogP contribution in [0.5, 0.6) is 0 Å². The molecule has 0 bridgehead atoms. The standard InChI is InChI=1S/C14H9ClN4O4S/c1-8(20)18(16-7-10-3-5-13(23-10)19(21)22)14-17-11-4-2-9(15)6-12(11)24-14/h2-7H,1H3/b16-7+. The van der Waals surface area contributed by atoms with E-state index in [-0.39, 0.29) is 11.7 Å². The number of furan rings is 1. The molecule has 0 radical (unpaired) electrons. The first-order valence-electron chi connectivity index (χ1n) is 6.59. The molecule has 0 unspecified atom stereocenters. The van der Waals surface area contributed by atoms with Crippen molar-refractivity contribution >= 4 is 56.3 Å². The Morgan fingerprint density at radius 1 is 1.46 bits per heavy atom. The summed E-state index contributed by atoms with van der Waals surface area (Å²) in [6.45, 7) is 1.33. The summed E-state index contributed by atoms with van der Waals surface area (Å²) in [4.78, 5) is 26.1. The van der Waals surface area contributed by atoms with Gasteiger partial charge in [0.05, 0.1) is 22.5 Å². The van der Waals surface area contributed by atoms with Crippen LogP contribution < -0.4 is 5.01 Å². The molecule has 3 aromatic rings. The van der Waals surface area contributed by atoms with Crippen LogP contribution in [-0.4, -0.2) is 22.0 Å². The van der Waals surface area contributed by atoms with Crippen LogP contribution in [-0.2, 0) is 4.79 Å². The smallest absolute Gasteiger partial charge is 0.400 e. The molecule has 2 aromatic heterocycles. The van der Waals surface area contributed by atoms with Crippen molar-refractivity contribution in [3.8, 4) is 0 Å². The van der Waals surface area contributed by atoms with Crippen LogP contribution in [0, 0.1) is 10.1 Å². The number of carbonyl (C=O) groups is 1. The molecule has 0 spiro atoms. The number of nitrogens with zero attached hydrogens (tertiary/aromatic N) is 4. The van der Waals surface area contributed by atoms with Crippen molar-refractivity contribution in [1.82, 2.24) is 4.98 Å². The minimum absolute atomic E-state index is 0.150. The topological polar surface area (TPSA) is 102 Å². The van der Waals surface area contributed by atoms with Gasteiger partial charge in [-0.1, -0.05) is 22.9 Å². The molecule has 1 amide bonds. The molecule has 0 atom stereocenters. The van der Waals surface area contributed by atoms with Gasteiger partial charge in [-0.05, 0) is 24.3 Å². The number of hydrogen-bond donors (Lipinski definition) is 0. The molecule has 0 aliphatic carbocycles. The second-order valence-corrected chi connectivity index (χ2v) is 6.06. The van der Waals surface area contributed by atoms with Gasteiger partial charge in [0.25, 0.3) is 0 Å². The molecule has 1 aromatic carbocycles. The van der Waals surface area contributed by atoms with E-state index < -0.39 is 10.8 Å². The fourth-order valence-electron chi connectivity index (χ4n) is 1.87. The van der Waals surface area contributed by atoms with Crippen LogP contribution >= 0.6 is 22.9 Å². The van der Waals surface area contributed by atoms with Gasteiger partial charge in [-0.15, -0.1) is 0 Å². The fraction of sp³-hybridized carbons (Fsp3) is 0.0714. The number of hydrogen-bond acceptors (Lipinski definition) is 7. The summed E-state index contributed by atoms with van der Waals surface area (Å²) < 4.78 is 5.78. The Labute approximate surface area is 144 Å². The van der Waals surface area contributed by atoms with Crippen LogP contribution in [0.2, 0.25) is 5.02 Å². The van der Waals surface area contributed by atoms with E-state index in [4.69, 9.17) is 16.0 Å². The van der Waals surface area contributed by atoms with E-state index >= 15 is 0 Å². The first-order chi connectivity index (χ1) is 11.4. The van der Waals surface area contributed by atoms with Crippen molar-refractivity contribution in [2.45, 2.75) is 6.92 Å². The van der Waals surface area contributed by atoms with Gasteiger partial charge >= 0.3 is 5.88 Å². The molecule has 0 saturated heterocycles. The van der Waals surface area contributed by atoms with Crippen molar-refractivity contribution in [1.29, 1.82) is 0 Å². The van der Waals surface area contributed by atoms with Crippen LogP contribution in [0.25, 0.3) is 10.2 Å². The number of rotatable bonds is 4. The van der Waals surface area contributed by atoms with Crippen LogP contribution in [0.15, 0.2) is 39.9 Å². The predicted molar refractivity (Wildman–Crippen MR) is 90.7 cm³/mol. The highest BCUT2D eigenvalue weighted by Crippen LogP contribution is 2.31. The number of aromatic nitrogens is 1. The lowest BCUT2D eigenvalue weighted by Crippen LogP contribution is -2.22. The van der Waals surface area contributed by atoms with Crippen LogP contribution in [0.4, 0.5) is 11.0 Å². The third-order valence-corrected chi connectivity index (χ3v) is 4.14. The SMILES string of the molecule is CC(=O)N(/N=C/c1ccc([N+](=O)[O-])o1)c1nc2ccc(Cl)cc2s1. The van der Waals surface area contributed by atoms with Crippen LogP contribution in [0.3, 0.4) is 0 Å². The van der Waals surface area contributed by atoms with Gasteiger partial charge in [-0.25, -0.2) is 4.98 Å². The van der Waals surface area contributed by atoms with E-state index in [9.17, 15) is 14.9 Å². The average molecular weight is 365 g/mol. The summed E-state index contributed by atoms with van der Waals surface area (Å²) in [5.74, 6) is -0.616. The number of halogens is 1. The summed E-state index contributed by atoms with van der Waals surface area (Å²) in [5, 5.41) is 16.6. The highest BCUT2D eigenvalue weighted by atomic mass is 35.5. The maximum atomic E-state index is 11.8. The highest BCUT2D eigenvalue weighted by molar-refractivity contribution is 7.22. The van der Waals surface area contributed by atoms with Crippen molar-refractivity contribution in [3.05, 3.63) is 51.2 Å². The quantitative estimate of drug-likeness (QED) is 0.397. The zero-order chi connectivity index (χ0) is 17.3. The summed E-state index contributed by atoms with van der Waals surface area (Å²) in [5.41, 5.74) is 0.689. The summed E-state index contributed by atoms with van der Waals surface area (Å²) in [7, 11) is 0. The first kappa shape index (κ1) is 16.1. The largest absolute Gasteiger partial charge is 0.433 e. The van der Waals surface area contributed by atoms with Gasteiger partial charge in [0, 0.05) is 11.9 Å². The number of carbonyl (C=O) groups excluding carboxylic acids is 1. The summed E-state index contributed by atoms with van der Waals surface area (Å²) in [6.07, 6.45) is 1.22. The molecular weight excluding hydrogens is 356 g/mol. The Bertz CT molecular complexity index is 965. The number of fused-ring (bicyclic) bond motifs is 1. The molecule has 0 aliphatic rings. The van der Waals surface area contributed by atoms with Gasteiger partial charge in [0.15, 0.2) is 5.76 Å². The Morgan fingerprint density at radius 3 is 2.92 bits per heavy atom. The summed E-state index contributed by atoms with van der Waals surface area (Å²) >= 11 is 7.19. The van der Waals surface area contributed by atoms with E-state index in [0.717, 1.165) is 9.71 Å². The Kier molecular flexibility index (Phi) is 4.28. The second-order valence-electron chi connectivity index (χ2n) is 4.62. The Morgan fingerprint density at radius 2 is 2.25 bits per heavy atom. The molecule has 24 heavy (non-hydrogen) atoms. The zero-order valence-electron chi connectivity index (χ0n) is 12.2. The third-order valence-electron chi connectivity index (χ3n) is 2.91. The van der Waals surface area contributed by atoms with Gasteiger partial charge in [0.1, 0.15) is 4.92 Å². The lowest BCUT2D eigenvalue weighted by atomic mass is 10.3. The lowest BCUT2D eigenvalue weighted by molar-refractivity contribution is -0.402. The molecule has 2 heterocycles. The molecule has 0 aliphatic heterocycles. The van der Waals surface area contributed by atoms with Crippen molar-refractivity contribution < 1.29 is 14.1 Å². The first-order valence-corrected chi connectivity index (χ1v) is 7.78. The maximum absolute atomic E-state index is 11.8. The molecule has 8 nitrogen and oxygen atoms in total. The van der Waals surface area contributed by atoms with Crippen LogP contribution in [0.1, 0.15) is 12.7 Å². The van der Waals surface area contributed by atoms with Gasteiger partial charge in [-0.2, -0.15) is 10.1 Å². The number of hydrazone groups is 1. The molecule has 10 heteroatoms. The number of nitro groups is 1. The third kappa shape index (κ3) is 3.26. The number of amides is 1. The molecule has 0 N–H and O–H groups in total. The zero-order valence-corrected chi connectivity index (χ0v) is 13.7. The Hall–Kier alpha value is -2.78. The second kappa shape index (κ2) is 6.38. The van der Waals surface area contributed by atoms with Gasteiger partial charge in [-0.3, -0.25) is 14.9 Å². The van der Waals surface area contributed by atoms with Gasteiger partial charge in [0.2, 0.25) is 11.0 Å². The normalized spacial score (nSPS) is 11.2. The van der Waals surface area contributed by atoms with Crippen molar-refractivity contribution in [3.63, 3.8) is 0 Å². The maximum Gasteiger partial charge on any atom is 0.433 e. The number of thiazole rings is 1. The summed E-state index contributed by atoms with van der Waals surface area (Å²) in [6, 6.07) is 7.79. The molecule has 0 saturated carbocycles. The number of anilines is 1. The van der Waals surface area contributed by atoms with E-state index in [1.807, 2.05) is 0 Å². The lowest BCUT2D eigenvalue weighted by Gasteiger charge is -2.09. The molecule has 122 valence electrons. The minimum atomic E-state index is -0.655. The van der Waals surface area contributed by atoms with E-state index in [1.54, 1.807) is 18.2 Å². The van der Waals surface area contributed by atoms with Gasteiger partial charge < -0.3 is 4.42 Å². The Balaban J connectivity index is 1.91. The predicted octanol–water partition coefficient (Wildman–Crippen LogP) is 3.84. The fourth-order valence-corrected chi connectivity index (χ4v) is 3.11. The van der Waals surface area contributed by atoms with E-state index in [0.29, 0.717) is 15.7 Å². The van der Waals surface area contributed by atoms with E-state index in [2.05, 4.69) is 10.1 Å². The molecule has 0 fully saturated rings. The number of benzene rings is 1. The molecular formula is C14H9ClN4O4S. The van der Waals surface area contributed by atoms with E-state index in [1.165, 1.54) is 36.6 Å².